The maximum Gasteiger partial charge on any atom is 0.414 e. The van der Waals surface area contributed by atoms with Crippen molar-refractivity contribution in [2.45, 2.75) is 13.5 Å². The molecular weight excluding hydrogens is 376 g/mol. The monoisotopic (exact) mass is 396 g/mol. The number of hydrogen-bond donors (Lipinski definition) is 2. The van der Waals surface area contributed by atoms with Crippen LogP contribution in [0.15, 0.2) is 35.7 Å². The summed E-state index contributed by atoms with van der Waals surface area (Å²) in [6, 6.07) is 10.4. The van der Waals surface area contributed by atoms with Crippen molar-refractivity contribution in [2.75, 3.05) is 31.1 Å². The average Bonchev–Trinajstić information content (AvgIpc) is 3.02. The van der Waals surface area contributed by atoms with Crippen molar-refractivity contribution in [3.8, 4) is 0 Å². The number of carboxylic acids is 2. The van der Waals surface area contributed by atoms with Gasteiger partial charge in [0, 0.05) is 48.3 Å². The molecule has 6 nitrogen and oxygen atoms in total. The summed E-state index contributed by atoms with van der Waals surface area (Å²) in [6.45, 7) is 7.73. The Kier molecular flexibility index (Phi) is 7.44. The van der Waals surface area contributed by atoms with Crippen LogP contribution in [0.1, 0.15) is 10.4 Å². The Balaban J connectivity index is 0.000000352. The minimum Gasteiger partial charge on any atom is -0.473 e. The second kappa shape index (κ2) is 9.56. The Morgan fingerprint density at radius 2 is 1.62 bits per heavy atom. The normalized spacial score (nSPS) is 14.5. The number of aliphatic carboxylic acids is 2. The van der Waals surface area contributed by atoms with E-state index >= 15 is 0 Å². The van der Waals surface area contributed by atoms with Crippen molar-refractivity contribution >= 4 is 40.6 Å². The van der Waals surface area contributed by atoms with E-state index in [1.807, 2.05) is 23.5 Å². The molecule has 0 unspecified atom stereocenters. The van der Waals surface area contributed by atoms with Gasteiger partial charge in [-0.05, 0) is 48.2 Å². The van der Waals surface area contributed by atoms with Gasteiger partial charge in [0.05, 0.1) is 0 Å². The zero-order chi connectivity index (χ0) is 19.1. The van der Waals surface area contributed by atoms with Crippen LogP contribution < -0.4 is 4.90 Å². The summed E-state index contributed by atoms with van der Waals surface area (Å²) in [5, 5.41) is 17.8. The van der Waals surface area contributed by atoms with Crippen LogP contribution in [0.25, 0.3) is 0 Å². The zero-order valence-corrected chi connectivity index (χ0v) is 16.0. The molecule has 0 aliphatic carbocycles. The second-order valence-corrected chi connectivity index (χ2v) is 7.31. The van der Waals surface area contributed by atoms with Gasteiger partial charge >= 0.3 is 11.9 Å². The van der Waals surface area contributed by atoms with Gasteiger partial charge in [-0.15, -0.1) is 11.3 Å². The number of halogens is 1. The number of rotatable bonds is 3. The van der Waals surface area contributed by atoms with Crippen LogP contribution in [-0.4, -0.2) is 53.2 Å². The van der Waals surface area contributed by atoms with Crippen molar-refractivity contribution in [3.63, 3.8) is 0 Å². The summed E-state index contributed by atoms with van der Waals surface area (Å²) in [5.41, 5.74) is 2.71. The lowest BCUT2D eigenvalue weighted by Crippen LogP contribution is -2.45. The third kappa shape index (κ3) is 6.01. The summed E-state index contributed by atoms with van der Waals surface area (Å²) in [5.74, 6) is -3.65. The number of aryl methyl sites for hydroxylation is 1. The highest BCUT2D eigenvalue weighted by Gasteiger charge is 2.18. The number of anilines is 1. The SMILES string of the molecule is Cc1ccsc1CN1CCN(c2ccc(Cl)cc2)CC1.O=C(O)C(=O)O. The lowest BCUT2D eigenvalue weighted by Gasteiger charge is -2.36. The fraction of sp³-hybridized carbons (Fsp3) is 0.333. The van der Waals surface area contributed by atoms with Crippen LogP contribution in [0, 0.1) is 6.92 Å². The maximum absolute atomic E-state index is 9.10. The molecule has 0 radical (unpaired) electrons. The van der Waals surface area contributed by atoms with E-state index < -0.39 is 11.9 Å². The lowest BCUT2D eigenvalue weighted by atomic mass is 10.2. The second-order valence-electron chi connectivity index (χ2n) is 5.88. The zero-order valence-electron chi connectivity index (χ0n) is 14.4. The molecular formula is C18H21ClN2O4S. The van der Waals surface area contributed by atoms with E-state index in [2.05, 4.69) is 40.3 Å². The molecule has 3 rings (SSSR count). The molecule has 2 aromatic rings. The summed E-state index contributed by atoms with van der Waals surface area (Å²) in [6.07, 6.45) is 0. The number of carbonyl (C=O) groups is 2. The standard InChI is InChI=1S/C16H19ClN2S.C2H2O4/c1-13-6-11-20-16(13)12-18-7-9-19(10-8-18)15-4-2-14(17)3-5-15;3-1(4)2(5)6/h2-6,11H,7-10,12H2,1H3;(H,3,4)(H,5,6). The molecule has 0 saturated carbocycles. The molecule has 1 aromatic heterocycles. The summed E-state index contributed by atoms with van der Waals surface area (Å²) < 4.78 is 0. The number of carboxylic acid groups (broad SMARTS) is 2. The molecule has 8 heteroatoms. The number of hydrogen-bond acceptors (Lipinski definition) is 5. The molecule has 1 aliphatic heterocycles. The highest BCUT2D eigenvalue weighted by Crippen LogP contribution is 2.22. The molecule has 1 fully saturated rings. The van der Waals surface area contributed by atoms with Crippen molar-refractivity contribution < 1.29 is 19.8 Å². The highest BCUT2D eigenvalue weighted by atomic mass is 35.5. The molecule has 26 heavy (non-hydrogen) atoms. The number of nitrogens with zero attached hydrogens (tertiary/aromatic N) is 2. The minimum atomic E-state index is -1.82. The van der Waals surface area contributed by atoms with E-state index in [-0.39, 0.29) is 0 Å². The van der Waals surface area contributed by atoms with Crippen LogP contribution >= 0.6 is 22.9 Å². The molecule has 0 atom stereocenters. The van der Waals surface area contributed by atoms with Crippen molar-refractivity contribution in [1.29, 1.82) is 0 Å². The highest BCUT2D eigenvalue weighted by molar-refractivity contribution is 7.10. The van der Waals surface area contributed by atoms with Crippen LogP contribution in [0.4, 0.5) is 5.69 Å². The summed E-state index contributed by atoms with van der Waals surface area (Å²) in [7, 11) is 0. The van der Waals surface area contributed by atoms with Crippen molar-refractivity contribution in [3.05, 3.63) is 51.2 Å². The molecule has 140 valence electrons. The van der Waals surface area contributed by atoms with E-state index in [9.17, 15) is 0 Å². The maximum atomic E-state index is 9.10. The smallest absolute Gasteiger partial charge is 0.414 e. The van der Waals surface area contributed by atoms with Crippen LogP contribution in [-0.2, 0) is 16.1 Å². The van der Waals surface area contributed by atoms with Gasteiger partial charge in [-0.2, -0.15) is 0 Å². The van der Waals surface area contributed by atoms with Crippen molar-refractivity contribution in [1.82, 2.24) is 4.90 Å². The van der Waals surface area contributed by atoms with Crippen LogP contribution in [0.2, 0.25) is 5.02 Å². The molecule has 1 aliphatic rings. The van der Waals surface area contributed by atoms with Gasteiger partial charge in [0.15, 0.2) is 0 Å². The molecule has 0 amide bonds. The first-order valence-electron chi connectivity index (χ1n) is 8.09. The number of thiophene rings is 1. The van der Waals surface area contributed by atoms with Gasteiger partial charge < -0.3 is 15.1 Å². The summed E-state index contributed by atoms with van der Waals surface area (Å²) in [4.78, 5) is 24.7. The van der Waals surface area contributed by atoms with Gasteiger partial charge in [0.2, 0.25) is 0 Å². The Morgan fingerprint density at radius 1 is 1.04 bits per heavy atom. The minimum absolute atomic E-state index is 0.806. The predicted octanol–water partition coefficient (Wildman–Crippen LogP) is 3.19. The first-order chi connectivity index (χ1) is 12.4. The predicted molar refractivity (Wildman–Crippen MR) is 103 cm³/mol. The fourth-order valence-corrected chi connectivity index (χ4v) is 3.66. The quantitative estimate of drug-likeness (QED) is 0.775. The third-order valence-corrected chi connectivity index (χ3v) is 5.34. The van der Waals surface area contributed by atoms with E-state index in [1.54, 1.807) is 0 Å². The van der Waals surface area contributed by atoms with E-state index in [0.29, 0.717) is 0 Å². The Morgan fingerprint density at radius 3 is 2.08 bits per heavy atom. The van der Waals surface area contributed by atoms with Crippen LogP contribution in [0.3, 0.4) is 0 Å². The van der Waals surface area contributed by atoms with Gasteiger partial charge in [-0.1, -0.05) is 11.6 Å². The molecule has 0 spiro atoms. The van der Waals surface area contributed by atoms with E-state index in [4.69, 9.17) is 31.4 Å². The molecule has 2 heterocycles. The Hall–Kier alpha value is -2.09. The first-order valence-corrected chi connectivity index (χ1v) is 9.34. The van der Waals surface area contributed by atoms with Crippen molar-refractivity contribution in [2.24, 2.45) is 0 Å². The fourth-order valence-electron chi connectivity index (χ4n) is 2.59. The van der Waals surface area contributed by atoms with Gasteiger partial charge in [0.1, 0.15) is 0 Å². The molecule has 1 aromatic carbocycles. The van der Waals surface area contributed by atoms with Gasteiger partial charge in [-0.25, -0.2) is 9.59 Å². The largest absolute Gasteiger partial charge is 0.473 e. The molecule has 0 bridgehead atoms. The van der Waals surface area contributed by atoms with E-state index in [0.717, 1.165) is 37.7 Å². The number of piperazine rings is 1. The van der Waals surface area contributed by atoms with Crippen LogP contribution in [0.5, 0.6) is 0 Å². The molecule has 1 saturated heterocycles. The number of benzene rings is 1. The Labute approximate surface area is 161 Å². The van der Waals surface area contributed by atoms with Gasteiger partial charge in [-0.3, -0.25) is 4.90 Å². The third-order valence-electron chi connectivity index (χ3n) is 4.08. The Bertz CT molecular complexity index is 728. The summed E-state index contributed by atoms with van der Waals surface area (Å²) >= 11 is 7.81. The first kappa shape index (κ1) is 20.2. The molecule has 2 N–H and O–H groups in total. The van der Waals surface area contributed by atoms with Gasteiger partial charge in [0.25, 0.3) is 0 Å². The average molecular weight is 397 g/mol. The van der Waals surface area contributed by atoms with E-state index in [1.165, 1.54) is 16.1 Å². The lowest BCUT2D eigenvalue weighted by molar-refractivity contribution is -0.159. The topological polar surface area (TPSA) is 81.1 Å².